The number of nitriles is 1. The van der Waals surface area contributed by atoms with E-state index in [1.807, 2.05) is 37.3 Å². The van der Waals surface area contributed by atoms with E-state index in [4.69, 9.17) is 4.74 Å². The van der Waals surface area contributed by atoms with E-state index in [2.05, 4.69) is 18.8 Å². The molecular formula is C19H22N2O2. The zero-order chi connectivity index (χ0) is 17.0. The summed E-state index contributed by atoms with van der Waals surface area (Å²) in [6.45, 7) is 8.76. The van der Waals surface area contributed by atoms with Crippen LogP contribution in [0.3, 0.4) is 0 Å². The van der Waals surface area contributed by atoms with Gasteiger partial charge in [-0.15, -0.1) is 0 Å². The van der Waals surface area contributed by atoms with Gasteiger partial charge in [0.2, 0.25) is 0 Å². The quantitative estimate of drug-likeness (QED) is 0.909. The highest BCUT2D eigenvalue weighted by Crippen LogP contribution is 2.28. The Balaban J connectivity index is 2.42. The number of benzene rings is 1. The van der Waals surface area contributed by atoms with Crippen LogP contribution in [-0.2, 0) is 0 Å². The van der Waals surface area contributed by atoms with Crippen molar-refractivity contribution in [3.8, 4) is 22.9 Å². The SMILES string of the molecule is Cc1cc(-c2ccc(C)c(OCCC(C)C)c2)c(C#N)c(=O)[nH]1. The van der Waals surface area contributed by atoms with E-state index in [9.17, 15) is 10.1 Å². The number of nitrogens with zero attached hydrogens (tertiary/aromatic N) is 1. The molecule has 0 atom stereocenters. The highest BCUT2D eigenvalue weighted by Gasteiger charge is 2.12. The number of aromatic amines is 1. The first-order valence-corrected chi connectivity index (χ1v) is 7.80. The van der Waals surface area contributed by atoms with Gasteiger partial charge in [0.1, 0.15) is 17.4 Å². The molecule has 1 aromatic heterocycles. The van der Waals surface area contributed by atoms with Crippen LogP contribution in [0.1, 0.15) is 37.1 Å². The van der Waals surface area contributed by atoms with Crippen molar-refractivity contribution >= 4 is 0 Å². The van der Waals surface area contributed by atoms with E-state index in [1.54, 1.807) is 6.92 Å². The number of ether oxygens (including phenoxy) is 1. The minimum Gasteiger partial charge on any atom is -0.493 e. The maximum Gasteiger partial charge on any atom is 0.266 e. The van der Waals surface area contributed by atoms with Crippen LogP contribution in [0.25, 0.3) is 11.1 Å². The number of hydrogen-bond acceptors (Lipinski definition) is 3. The summed E-state index contributed by atoms with van der Waals surface area (Å²) in [5.74, 6) is 1.38. The van der Waals surface area contributed by atoms with Crippen molar-refractivity contribution in [2.24, 2.45) is 5.92 Å². The van der Waals surface area contributed by atoms with Crippen LogP contribution < -0.4 is 10.3 Å². The largest absolute Gasteiger partial charge is 0.493 e. The molecule has 0 aliphatic carbocycles. The summed E-state index contributed by atoms with van der Waals surface area (Å²) >= 11 is 0. The van der Waals surface area contributed by atoms with Crippen LogP contribution >= 0.6 is 0 Å². The third-order valence-electron chi connectivity index (χ3n) is 3.73. The van der Waals surface area contributed by atoms with Gasteiger partial charge in [0.05, 0.1) is 6.61 Å². The zero-order valence-electron chi connectivity index (χ0n) is 14.1. The first-order chi connectivity index (χ1) is 10.9. The van der Waals surface area contributed by atoms with Gasteiger partial charge in [0, 0.05) is 11.3 Å². The lowest BCUT2D eigenvalue weighted by molar-refractivity contribution is 0.288. The first kappa shape index (κ1) is 16.8. The molecule has 23 heavy (non-hydrogen) atoms. The fraction of sp³-hybridized carbons (Fsp3) is 0.368. The lowest BCUT2D eigenvalue weighted by Crippen LogP contribution is -2.12. The summed E-state index contributed by atoms with van der Waals surface area (Å²) in [5.41, 5.74) is 3.01. The van der Waals surface area contributed by atoms with Gasteiger partial charge in [0.25, 0.3) is 5.56 Å². The van der Waals surface area contributed by atoms with Crippen molar-refractivity contribution in [3.63, 3.8) is 0 Å². The summed E-state index contributed by atoms with van der Waals surface area (Å²) in [4.78, 5) is 14.6. The Hall–Kier alpha value is -2.54. The minimum absolute atomic E-state index is 0.132. The second-order valence-corrected chi connectivity index (χ2v) is 6.19. The molecule has 4 heteroatoms. The average Bonchev–Trinajstić information content (AvgIpc) is 2.48. The van der Waals surface area contributed by atoms with E-state index >= 15 is 0 Å². The Kier molecular flexibility index (Phi) is 5.23. The number of aromatic nitrogens is 1. The summed E-state index contributed by atoms with van der Waals surface area (Å²) in [7, 11) is 0. The molecule has 0 aliphatic rings. The number of aryl methyl sites for hydroxylation is 2. The summed E-state index contributed by atoms with van der Waals surface area (Å²) < 4.78 is 5.87. The topological polar surface area (TPSA) is 65.9 Å². The van der Waals surface area contributed by atoms with Crippen molar-refractivity contribution in [2.75, 3.05) is 6.61 Å². The van der Waals surface area contributed by atoms with E-state index in [0.29, 0.717) is 18.1 Å². The van der Waals surface area contributed by atoms with Crippen LogP contribution in [0, 0.1) is 31.1 Å². The molecule has 0 radical (unpaired) electrons. The predicted molar refractivity (Wildman–Crippen MR) is 91.6 cm³/mol. The molecule has 0 saturated carbocycles. The Morgan fingerprint density at radius 3 is 2.65 bits per heavy atom. The van der Waals surface area contributed by atoms with Crippen LogP contribution in [0.5, 0.6) is 5.75 Å². The summed E-state index contributed by atoms with van der Waals surface area (Å²) in [6, 6.07) is 9.60. The number of hydrogen-bond donors (Lipinski definition) is 1. The van der Waals surface area contributed by atoms with Crippen LogP contribution in [0.15, 0.2) is 29.1 Å². The highest BCUT2D eigenvalue weighted by molar-refractivity contribution is 5.72. The third kappa shape index (κ3) is 4.01. The van der Waals surface area contributed by atoms with Crippen molar-refractivity contribution in [1.82, 2.24) is 4.98 Å². The second-order valence-electron chi connectivity index (χ2n) is 6.19. The van der Waals surface area contributed by atoms with Gasteiger partial charge in [-0.05, 0) is 49.4 Å². The predicted octanol–water partition coefficient (Wildman–Crippen LogP) is 3.96. The van der Waals surface area contributed by atoms with Crippen LogP contribution in [-0.4, -0.2) is 11.6 Å². The molecule has 1 N–H and O–H groups in total. The standard InChI is InChI=1S/C19H22N2O2/c1-12(2)7-8-23-18-10-15(6-5-13(18)3)16-9-14(4)21-19(22)17(16)11-20/h5-6,9-10,12H,7-8H2,1-4H3,(H,21,22). The normalized spacial score (nSPS) is 10.6. The maximum atomic E-state index is 12.0. The second kappa shape index (κ2) is 7.15. The molecule has 0 aliphatic heterocycles. The smallest absolute Gasteiger partial charge is 0.266 e. The molecule has 0 bridgehead atoms. The highest BCUT2D eigenvalue weighted by atomic mass is 16.5. The fourth-order valence-corrected chi connectivity index (χ4v) is 2.36. The van der Waals surface area contributed by atoms with Crippen LogP contribution in [0.2, 0.25) is 0 Å². The zero-order valence-corrected chi connectivity index (χ0v) is 14.1. The van der Waals surface area contributed by atoms with Crippen molar-refractivity contribution in [2.45, 2.75) is 34.1 Å². The van der Waals surface area contributed by atoms with E-state index < -0.39 is 0 Å². The van der Waals surface area contributed by atoms with Crippen LogP contribution in [0.4, 0.5) is 0 Å². The van der Waals surface area contributed by atoms with Gasteiger partial charge < -0.3 is 9.72 Å². The van der Waals surface area contributed by atoms with Gasteiger partial charge in [-0.25, -0.2) is 0 Å². The lowest BCUT2D eigenvalue weighted by atomic mass is 9.99. The van der Waals surface area contributed by atoms with Gasteiger partial charge in [-0.3, -0.25) is 4.79 Å². The van der Waals surface area contributed by atoms with Gasteiger partial charge in [0.15, 0.2) is 0 Å². The van der Waals surface area contributed by atoms with Gasteiger partial charge >= 0.3 is 0 Å². The molecule has 4 nitrogen and oxygen atoms in total. The molecule has 2 aromatic rings. The third-order valence-corrected chi connectivity index (χ3v) is 3.73. The molecule has 1 aromatic carbocycles. The van der Waals surface area contributed by atoms with Gasteiger partial charge in [-0.2, -0.15) is 5.26 Å². The van der Waals surface area contributed by atoms with E-state index in [-0.39, 0.29) is 11.1 Å². The minimum atomic E-state index is -0.356. The fourth-order valence-electron chi connectivity index (χ4n) is 2.36. The Morgan fingerprint density at radius 2 is 2.00 bits per heavy atom. The van der Waals surface area contributed by atoms with E-state index in [0.717, 1.165) is 29.0 Å². The first-order valence-electron chi connectivity index (χ1n) is 7.80. The molecule has 0 spiro atoms. The molecule has 0 fully saturated rings. The van der Waals surface area contributed by atoms with Crippen molar-refractivity contribution in [1.29, 1.82) is 5.26 Å². The monoisotopic (exact) mass is 310 g/mol. The Morgan fingerprint density at radius 1 is 1.26 bits per heavy atom. The maximum absolute atomic E-state index is 12.0. The molecule has 120 valence electrons. The number of pyridine rings is 1. The molecule has 0 amide bonds. The summed E-state index contributed by atoms with van der Waals surface area (Å²) in [5, 5.41) is 9.28. The van der Waals surface area contributed by atoms with Crippen molar-refractivity contribution in [3.05, 3.63) is 51.4 Å². The van der Waals surface area contributed by atoms with E-state index in [1.165, 1.54) is 0 Å². The Labute approximate surface area is 136 Å². The lowest BCUT2D eigenvalue weighted by Gasteiger charge is -2.13. The van der Waals surface area contributed by atoms with Gasteiger partial charge in [-0.1, -0.05) is 26.0 Å². The Bertz CT molecular complexity index is 798. The van der Waals surface area contributed by atoms with Crippen molar-refractivity contribution < 1.29 is 4.74 Å². The number of nitrogens with one attached hydrogen (secondary N) is 1. The molecule has 0 saturated heterocycles. The molecule has 1 heterocycles. The molecular weight excluding hydrogens is 288 g/mol. The summed E-state index contributed by atoms with van der Waals surface area (Å²) in [6.07, 6.45) is 0.983. The number of H-pyrrole nitrogens is 1. The molecule has 0 unspecified atom stereocenters. The molecule has 2 rings (SSSR count). The average molecular weight is 310 g/mol. The number of rotatable bonds is 5.